The maximum absolute atomic E-state index is 12.4. The van der Waals surface area contributed by atoms with Gasteiger partial charge in [0.15, 0.2) is 5.13 Å². The van der Waals surface area contributed by atoms with Crippen molar-refractivity contribution in [3.8, 4) is 11.8 Å². The molecule has 0 aliphatic carbocycles. The standard InChI is InChI=1S/C16H17N3OS/c1-10-13(7-5-9-17)6-4-8-14(10)15(20)19-16-18-11(2)12(3)21-16/h4,6,8H,9,17H2,1-3H3,(H,18,19,20). The predicted molar refractivity (Wildman–Crippen MR) is 86.7 cm³/mol. The zero-order valence-electron chi connectivity index (χ0n) is 12.3. The number of amides is 1. The van der Waals surface area contributed by atoms with E-state index in [-0.39, 0.29) is 5.91 Å². The Morgan fingerprint density at radius 3 is 2.76 bits per heavy atom. The summed E-state index contributed by atoms with van der Waals surface area (Å²) in [4.78, 5) is 17.8. The van der Waals surface area contributed by atoms with Crippen molar-refractivity contribution in [1.82, 2.24) is 4.98 Å². The van der Waals surface area contributed by atoms with Gasteiger partial charge < -0.3 is 5.73 Å². The van der Waals surface area contributed by atoms with Crippen LogP contribution in [0.15, 0.2) is 18.2 Å². The van der Waals surface area contributed by atoms with E-state index in [0.717, 1.165) is 21.7 Å². The number of carbonyl (C=O) groups excluding carboxylic acids is 1. The molecule has 0 fully saturated rings. The molecule has 2 rings (SSSR count). The van der Waals surface area contributed by atoms with Gasteiger partial charge in [0, 0.05) is 16.0 Å². The minimum atomic E-state index is -0.169. The van der Waals surface area contributed by atoms with Gasteiger partial charge in [-0.15, -0.1) is 11.3 Å². The number of aryl methyl sites for hydroxylation is 2. The van der Waals surface area contributed by atoms with Crippen molar-refractivity contribution in [1.29, 1.82) is 0 Å². The summed E-state index contributed by atoms with van der Waals surface area (Å²) in [6.45, 7) is 6.09. The quantitative estimate of drug-likeness (QED) is 0.838. The van der Waals surface area contributed by atoms with E-state index in [1.807, 2.05) is 32.9 Å². The first kappa shape index (κ1) is 15.2. The normalized spacial score (nSPS) is 9.90. The monoisotopic (exact) mass is 299 g/mol. The Morgan fingerprint density at radius 1 is 1.38 bits per heavy atom. The van der Waals surface area contributed by atoms with Gasteiger partial charge in [0.05, 0.1) is 12.2 Å². The topological polar surface area (TPSA) is 68.0 Å². The zero-order chi connectivity index (χ0) is 15.4. The van der Waals surface area contributed by atoms with Crippen molar-refractivity contribution >= 4 is 22.4 Å². The third-order valence-electron chi connectivity index (χ3n) is 3.15. The van der Waals surface area contributed by atoms with Crippen LogP contribution in [0.1, 0.15) is 32.1 Å². The molecule has 108 valence electrons. The summed E-state index contributed by atoms with van der Waals surface area (Å²) in [6.07, 6.45) is 0. The van der Waals surface area contributed by atoms with Crippen LogP contribution in [0.5, 0.6) is 0 Å². The fraction of sp³-hybridized carbons (Fsp3) is 0.250. The average Bonchev–Trinajstić information content (AvgIpc) is 2.76. The first-order valence-corrected chi connectivity index (χ1v) is 7.38. The van der Waals surface area contributed by atoms with Crippen LogP contribution >= 0.6 is 11.3 Å². The van der Waals surface area contributed by atoms with Gasteiger partial charge in [0.2, 0.25) is 0 Å². The van der Waals surface area contributed by atoms with Gasteiger partial charge in [-0.1, -0.05) is 17.9 Å². The van der Waals surface area contributed by atoms with Crippen LogP contribution in [0.25, 0.3) is 0 Å². The van der Waals surface area contributed by atoms with Crippen molar-refractivity contribution in [3.05, 3.63) is 45.5 Å². The van der Waals surface area contributed by atoms with E-state index in [1.54, 1.807) is 6.07 Å². The highest BCUT2D eigenvalue weighted by molar-refractivity contribution is 7.15. The second-order valence-corrected chi connectivity index (χ2v) is 5.80. The first-order valence-electron chi connectivity index (χ1n) is 6.57. The molecule has 0 saturated carbocycles. The number of benzene rings is 1. The second kappa shape index (κ2) is 6.53. The summed E-state index contributed by atoms with van der Waals surface area (Å²) >= 11 is 1.47. The van der Waals surface area contributed by atoms with E-state index in [4.69, 9.17) is 5.73 Å². The minimum Gasteiger partial charge on any atom is -0.320 e. The third-order valence-corrected chi connectivity index (χ3v) is 4.14. The summed E-state index contributed by atoms with van der Waals surface area (Å²) in [7, 11) is 0. The van der Waals surface area contributed by atoms with Crippen LogP contribution in [-0.2, 0) is 0 Å². The Bertz CT molecular complexity index is 718. The van der Waals surface area contributed by atoms with Gasteiger partial charge in [0.1, 0.15) is 0 Å². The molecule has 0 radical (unpaired) electrons. The average molecular weight is 299 g/mol. The highest BCUT2D eigenvalue weighted by Gasteiger charge is 2.13. The van der Waals surface area contributed by atoms with Crippen molar-refractivity contribution < 1.29 is 4.79 Å². The van der Waals surface area contributed by atoms with E-state index in [9.17, 15) is 4.79 Å². The maximum atomic E-state index is 12.4. The van der Waals surface area contributed by atoms with Crippen molar-refractivity contribution in [2.45, 2.75) is 20.8 Å². The summed E-state index contributed by atoms with van der Waals surface area (Å²) < 4.78 is 0. The molecule has 0 bridgehead atoms. The molecular formula is C16H17N3OS. The van der Waals surface area contributed by atoms with Crippen LogP contribution in [-0.4, -0.2) is 17.4 Å². The SMILES string of the molecule is Cc1nc(NC(=O)c2cccc(C#CCN)c2C)sc1C. The molecule has 0 saturated heterocycles. The fourth-order valence-corrected chi connectivity index (χ4v) is 2.66. The summed E-state index contributed by atoms with van der Waals surface area (Å²) in [6, 6.07) is 5.48. The molecule has 3 N–H and O–H groups in total. The molecular weight excluding hydrogens is 282 g/mol. The van der Waals surface area contributed by atoms with E-state index < -0.39 is 0 Å². The predicted octanol–water partition coefficient (Wildman–Crippen LogP) is 2.63. The molecule has 4 nitrogen and oxygen atoms in total. The number of hydrogen-bond acceptors (Lipinski definition) is 4. The number of nitrogens with two attached hydrogens (primary N) is 1. The smallest absolute Gasteiger partial charge is 0.257 e. The highest BCUT2D eigenvalue weighted by atomic mass is 32.1. The van der Waals surface area contributed by atoms with Crippen molar-refractivity contribution in [2.75, 3.05) is 11.9 Å². The van der Waals surface area contributed by atoms with Crippen LogP contribution in [0.4, 0.5) is 5.13 Å². The number of carbonyl (C=O) groups is 1. The molecule has 1 heterocycles. The molecule has 1 aromatic carbocycles. The lowest BCUT2D eigenvalue weighted by atomic mass is 10.0. The van der Waals surface area contributed by atoms with Gasteiger partial charge in [-0.05, 0) is 38.5 Å². The van der Waals surface area contributed by atoms with Gasteiger partial charge in [-0.25, -0.2) is 4.98 Å². The van der Waals surface area contributed by atoms with Crippen LogP contribution < -0.4 is 11.1 Å². The lowest BCUT2D eigenvalue weighted by Gasteiger charge is -2.07. The van der Waals surface area contributed by atoms with E-state index in [0.29, 0.717) is 17.2 Å². The van der Waals surface area contributed by atoms with Gasteiger partial charge in [-0.2, -0.15) is 0 Å². The Labute approximate surface area is 128 Å². The number of hydrogen-bond donors (Lipinski definition) is 2. The Kier molecular flexibility index (Phi) is 4.73. The molecule has 0 aliphatic rings. The van der Waals surface area contributed by atoms with E-state index >= 15 is 0 Å². The lowest BCUT2D eigenvalue weighted by molar-refractivity contribution is 0.102. The summed E-state index contributed by atoms with van der Waals surface area (Å²) in [5.41, 5.74) is 8.59. The Hall–Kier alpha value is -2.16. The Balaban J connectivity index is 2.27. The maximum Gasteiger partial charge on any atom is 0.257 e. The number of thiazole rings is 1. The van der Waals surface area contributed by atoms with Crippen molar-refractivity contribution in [2.24, 2.45) is 5.73 Å². The first-order chi connectivity index (χ1) is 10.0. The van der Waals surface area contributed by atoms with Gasteiger partial charge in [-0.3, -0.25) is 10.1 Å². The summed E-state index contributed by atoms with van der Waals surface area (Å²) in [5.74, 6) is 5.62. The molecule has 1 amide bonds. The molecule has 2 aromatic rings. The molecule has 1 aromatic heterocycles. The largest absolute Gasteiger partial charge is 0.320 e. The zero-order valence-corrected chi connectivity index (χ0v) is 13.1. The third kappa shape index (κ3) is 3.48. The van der Waals surface area contributed by atoms with Crippen LogP contribution in [0, 0.1) is 32.6 Å². The Morgan fingerprint density at radius 2 is 2.14 bits per heavy atom. The lowest BCUT2D eigenvalue weighted by Crippen LogP contribution is -2.13. The number of nitrogens with one attached hydrogen (secondary N) is 1. The minimum absolute atomic E-state index is 0.169. The molecule has 21 heavy (non-hydrogen) atoms. The number of anilines is 1. The number of nitrogens with zero attached hydrogens (tertiary/aromatic N) is 1. The van der Waals surface area contributed by atoms with E-state index in [1.165, 1.54) is 11.3 Å². The van der Waals surface area contributed by atoms with Crippen LogP contribution in [0.2, 0.25) is 0 Å². The number of aromatic nitrogens is 1. The highest BCUT2D eigenvalue weighted by Crippen LogP contribution is 2.22. The summed E-state index contributed by atoms with van der Waals surface area (Å²) in [5, 5.41) is 3.46. The number of rotatable bonds is 2. The van der Waals surface area contributed by atoms with Gasteiger partial charge >= 0.3 is 0 Å². The van der Waals surface area contributed by atoms with Crippen molar-refractivity contribution in [3.63, 3.8) is 0 Å². The van der Waals surface area contributed by atoms with Gasteiger partial charge in [0.25, 0.3) is 5.91 Å². The molecule has 0 aliphatic heterocycles. The molecule has 5 heteroatoms. The second-order valence-electron chi connectivity index (χ2n) is 4.60. The van der Waals surface area contributed by atoms with E-state index in [2.05, 4.69) is 22.1 Å². The fourth-order valence-electron chi connectivity index (χ4n) is 1.85. The molecule has 0 spiro atoms. The van der Waals surface area contributed by atoms with Crippen LogP contribution in [0.3, 0.4) is 0 Å². The molecule has 0 atom stereocenters. The molecule has 0 unspecified atom stereocenters.